The van der Waals surface area contributed by atoms with Crippen molar-refractivity contribution < 1.29 is 0 Å². The number of anilines is 5. The molecule has 8 aromatic rings. The quantitative estimate of drug-likeness (QED) is 0.165. The molecule has 2 aliphatic carbocycles. The monoisotopic (exact) mass is 680 g/mol. The number of benzene rings is 8. The second kappa shape index (κ2) is 13.0. The van der Waals surface area contributed by atoms with Crippen LogP contribution in [0.5, 0.6) is 0 Å². The van der Waals surface area contributed by atoms with E-state index in [0.29, 0.717) is 5.92 Å². The van der Waals surface area contributed by atoms with Gasteiger partial charge in [-0.2, -0.15) is 0 Å². The van der Waals surface area contributed by atoms with Crippen molar-refractivity contribution in [3.63, 3.8) is 0 Å². The number of nitrogens with zero attached hydrogens (tertiary/aromatic N) is 2. The molecule has 53 heavy (non-hydrogen) atoms. The standard InChI is InChI=1S/C51H40N2/c1-52(49-34-33-47-45-18-9-16-39-15-8-17-44(50(39)45)46-19-10-20-48(49)51(46)47)40-29-31-43(32-30-40)53(41-25-21-37(22-26-41)35-11-4-2-5-12-35)42-27-23-38(24-28-42)36-13-6-3-7-14-36/h2-7,9-14,16,18-34,44H,8,15,17H2,1H3. The molecule has 0 N–H and O–H groups in total. The van der Waals surface area contributed by atoms with Crippen molar-refractivity contribution in [3.8, 4) is 33.4 Å². The Bertz CT molecular complexity index is 2490. The molecule has 0 aliphatic heterocycles. The SMILES string of the molecule is CN(c1ccc(N(c2ccc(-c3ccccc3)cc2)c2ccc(-c3ccccc3)cc2)cc1)c1ccc2c3c(cccc13)C1CCCc3cccc-2c31. The zero-order valence-corrected chi connectivity index (χ0v) is 29.9. The van der Waals surface area contributed by atoms with Crippen LogP contribution >= 0.6 is 0 Å². The molecule has 0 saturated heterocycles. The topological polar surface area (TPSA) is 6.48 Å². The minimum atomic E-state index is 0.487. The minimum Gasteiger partial charge on any atom is -0.344 e. The predicted octanol–water partition coefficient (Wildman–Crippen LogP) is 13.9. The van der Waals surface area contributed by atoms with Crippen LogP contribution in [0.4, 0.5) is 28.4 Å². The lowest BCUT2D eigenvalue weighted by molar-refractivity contribution is 0.618. The fourth-order valence-electron chi connectivity index (χ4n) is 8.93. The van der Waals surface area contributed by atoms with Gasteiger partial charge in [-0.1, -0.05) is 127 Å². The first kappa shape index (κ1) is 31.4. The Kier molecular flexibility index (Phi) is 7.69. The molecule has 0 amide bonds. The van der Waals surface area contributed by atoms with Gasteiger partial charge >= 0.3 is 0 Å². The zero-order chi connectivity index (χ0) is 35.3. The minimum absolute atomic E-state index is 0.487. The van der Waals surface area contributed by atoms with Crippen LogP contribution in [0.15, 0.2) is 182 Å². The van der Waals surface area contributed by atoms with Crippen LogP contribution in [0, 0.1) is 0 Å². The van der Waals surface area contributed by atoms with Crippen LogP contribution < -0.4 is 9.80 Å². The van der Waals surface area contributed by atoms with E-state index in [9.17, 15) is 0 Å². The van der Waals surface area contributed by atoms with Gasteiger partial charge in [-0.15, -0.1) is 0 Å². The first-order chi connectivity index (χ1) is 26.2. The van der Waals surface area contributed by atoms with Gasteiger partial charge in [0.15, 0.2) is 0 Å². The molecule has 0 fully saturated rings. The molecular weight excluding hydrogens is 641 g/mol. The molecule has 2 aliphatic rings. The molecule has 0 spiro atoms. The Labute approximate surface area is 312 Å². The summed E-state index contributed by atoms with van der Waals surface area (Å²) < 4.78 is 0. The van der Waals surface area contributed by atoms with Gasteiger partial charge in [-0.25, -0.2) is 0 Å². The van der Waals surface area contributed by atoms with E-state index in [2.05, 4.69) is 199 Å². The lowest BCUT2D eigenvalue weighted by Crippen LogP contribution is -2.17. The molecule has 2 heteroatoms. The number of hydrogen-bond donors (Lipinski definition) is 0. The lowest BCUT2D eigenvalue weighted by Gasteiger charge is -2.35. The summed E-state index contributed by atoms with van der Waals surface area (Å²) in [5, 5.41) is 2.75. The third-order valence-corrected chi connectivity index (χ3v) is 11.5. The number of rotatable bonds is 7. The summed E-state index contributed by atoms with van der Waals surface area (Å²) in [7, 11) is 2.21. The highest BCUT2D eigenvalue weighted by Gasteiger charge is 2.32. The van der Waals surface area contributed by atoms with Crippen LogP contribution in [-0.4, -0.2) is 7.05 Å². The van der Waals surface area contributed by atoms with E-state index in [-0.39, 0.29) is 0 Å². The van der Waals surface area contributed by atoms with Gasteiger partial charge in [0.25, 0.3) is 0 Å². The zero-order valence-electron chi connectivity index (χ0n) is 29.9. The van der Waals surface area contributed by atoms with E-state index < -0.39 is 0 Å². The molecule has 1 unspecified atom stereocenters. The largest absolute Gasteiger partial charge is 0.344 e. The van der Waals surface area contributed by atoms with Gasteiger partial charge < -0.3 is 9.80 Å². The molecule has 0 saturated carbocycles. The van der Waals surface area contributed by atoms with Gasteiger partial charge in [0.05, 0.1) is 0 Å². The van der Waals surface area contributed by atoms with Crippen molar-refractivity contribution in [2.75, 3.05) is 16.8 Å². The van der Waals surface area contributed by atoms with Crippen molar-refractivity contribution in [2.45, 2.75) is 25.2 Å². The van der Waals surface area contributed by atoms with Crippen molar-refractivity contribution in [3.05, 3.63) is 199 Å². The number of hydrogen-bond acceptors (Lipinski definition) is 2. The fourth-order valence-corrected chi connectivity index (χ4v) is 8.93. The van der Waals surface area contributed by atoms with Crippen molar-refractivity contribution in [1.29, 1.82) is 0 Å². The van der Waals surface area contributed by atoms with E-state index >= 15 is 0 Å². The van der Waals surface area contributed by atoms with E-state index in [4.69, 9.17) is 0 Å². The summed E-state index contributed by atoms with van der Waals surface area (Å²) in [6.07, 6.45) is 3.67. The molecule has 0 bridgehead atoms. The lowest BCUT2D eigenvalue weighted by atomic mass is 9.70. The Hall–Kier alpha value is -6.38. The molecule has 0 radical (unpaired) electrons. The summed E-state index contributed by atoms with van der Waals surface area (Å²) in [5.41, 5.74) is 18.0. The Morgan fingerprint density at radius 3 is 1.62 bits per heavy atom. The summed E-state index contributed by atoms with van der Waals surface area (Å²) in [5.74, 6) is 0.487. The summed E-state index contributed by atoms with van der Waals surface area (Å²) in [4.78, 5) is 4.71. The van der Waals surface area contributed by atoms with Crippen molar-refractivity contribution in [1.82, 2.24) is 0 Å². The summed E-state index contributed by atoms with van der Waals surface area (Å²) in [6.45, 7) is 0. The van der Waals surface area contributed by atoms with E-state index in [1.807, 2.05) is 0 Å². The van der Waals surface area contributed by atoms with Crippen LogP contribution in [0.3, 0.4) is 0 Å². The third kappa shape index (κ3) is 5.41. The van der Waals surface area contributed by atoms with Gasteiger partial charge in [-0.05, 0) is 129 Å². The summed E-state index contributed by atoms with van der Waals surface area (Å²) >= 11 is 0. The molecule has 0 aromatic heterocycles. The molecule has 8 aromatic carbocycles. The van der Waals surface area contributed by atoms with E-state index in [1.165, 1.54) is 80.2 Å². The second-order valence-corrected chi connectivity index (χ2v) is 14.5. The van der Waals surface area contributed by atoms with Crippen LogP contribution in [0.1, 0.15) is 35.4 Å². The molecular formula is C51H40N2. The molecule has 10 rings (SSSR count). The maximum atomic E-state index is 2.38. The van der Waals surface area contributed by atoms with E-state index in [0.717, 1.165) is 22.7 Å². The number of fused-ring (bicyclic) bond motifs is 2. The van der Waals surface area contributed by atoms with Crippen molar-refractivity contribution >= 4 is 39.2 Å². The molecule has 0 heterocycles. The van der Waals surface area contributed by atoms with E-state index in [1.54, 1.807) is 5.56 Å². The average molecular weight is 681 g/mol. The van der Waals surface area contributed by atoms with Crippen LogP contribution in [-0.2, 0) is 6.42 Å². The molecule has 254 valence electrons. The fraction of sp³-hybridized carbons (Fsp3) is 0.0980. The smallest absolute Gasteiger partial charge is 0.0488 e. The Morgan fingerprint density at radius 1 is 0.453 bits per heavy atom. The van der Waals surface area contributed by atoms with Crippen LogP contribution in [0.25, 0.3) is 44.2 Å². The Balaban J connectivity index is 1.02. The highest BCUT2D eigenvalue weighted by molar-refractivity contribution is 6.09. The molecule has 2 nitrogen and oxygen atoms in total. The van der Waals surface area contributed by atoms with Gasteiger partial charge in [0.2, 0.25) is 0 Å². The van der Waals surface area contributed by atoms with Gasteiger partial charge in [0, 0.05) is 46.8 Å². The van der Waals surface area contributed by atoms with Gasteiger partial charge in [-0.3, -0.25) is 0 Å². The maximum Gasteiger partial charge on any atom is 0.0488 e. The predicted molar refractivity (Wildman–Crippen MR) is 224 cm³/mol. The van der Waals surface area contributed by atoms with Crippen molar-refractivity contribution in [2.24, 2.45) is 0 Å². The third-order valence-electron chi connectivity index (χ3n) is 11.5. The normalized spacial score (nSPS) is 14.1. The van der Waals surface area contributed by atoms with Crippen LogP contribution in [0.2, 0.25) is 0 Å². The Morgan fingerprint density at radius 2 is 1.00 bits per heavy atom. The molecule has 1 atom stereocenters. The second-order valence-electron chi connectivity index (χ2n) is 14.5. The highest BCUT2D eigenvalue weighted by atomic mass is 15.1. The highest BCUT2D eigenvalue weighted by Crippen LogP contribution is 2.52. The average Bonchev–Trinajstić information content (AvgIpc) is 3.24. The summed E-state index contributed by atoms with van der Waals surface area (Å²) in [6, 6.07) is 66.7. The first-order valence-corrected chi connectivity index (χ1v) is 18.8. The van der Waals surface area contributed by atoms with Gasteiger partial charge in [0.1, 0.15) is 0 Å². The maximum absolute atomic E-state index is 2.38. The number of aryl methyl sites for hydroxylation is 1. The first-order valence-electron chi connectivity index (χ1n) is 18.8.